The lowest BCUT2D eigenvalue weighted by molar-refractivity contribution is 0.490. The van der Waals surface area contributed by atoms with Crippen LogP contribution in [0.15, 0.2) is 22.6 Å². The van der Waals surface area contributed by atoms with E-state index >= 15 is 0 Å². The lowest BCUT2D eigenvalue weighted by Crippen LogP contribution is -2.03. The van der Waals surface area contributed by atoms with Gasteiger partial charge in [0.2, 0.25) is 0 Å². The van der Waals surface area contributed by atoms with Gasteiger partial charge in [-0.3, -0.25) is 4.98 Å². The molecule has 2 heterocycles. The maximum absolute atomic E-state index is 9.14. The largest absolute Gasteiger partial charge is 0.465 e. The van der Waals surface area contributed by atoms with Gasteiger partial charge in [-0.1, -0.05) is 0 Å². The van der Waals surface area contributed by atoms with Crippen LogP contribution in [0.1, 0.15) is 28.5 Å². The molecule has 0 aliphatic rings. The number of anilines is 1. The normalized spacial score (nSPS) is 10.1. The standard InChI is InChI=1S/C14H15N3O/c1-9-6-14(13(7-15)11(3)17-9)16-8-12-5-4-10(2)18-12/h4-6H,8H2,1-3H3,(H,16,17). The molecule has 18 heavy (non-hydrogen) atoms. The first-order valence-electron chi connectivity index (χ1n) is 5.77. The van der Waals surface area contributed by atoms with Crippen LogP contribution in [0, 0.1) is 32.1 Å². The van der Waals surface area contributed by atoms with Crippen LogP contribution < -0.4 is 5.32 Å². The third-order valence-corrected chi connectivity index (χ3v) is 2.69. The Morgan fingerprint density at radius 3 is 2.72 bits per heavy atom. The average molecular weight is 241 g/mol. The first-order valence-corrected chi connectivity index (χ1v) is 5.77. The highest BCUT2D eigenvalue weighted by Gasteiger charge is 2.08. The zero-order valence-corrected chi connectivity index (χ0v) is 10.7. The van der Waals surface area contributed by atoms with Crippen LogP contribution >= 0.6 is 0 Å². The Balaban J connectivity index is 2.21. The molecule has 0 atom stereocenters. The van der Waals surface area contributed by atoms with Gasteiger partial charge < -0.3 is 9.73 Å². The van der Waals surface area contributed by atoms with Crippen molar-refractivity contribution in [1.82, 2.24) is 4.98 Å². The Morgan fingerprint density at radius 2 is 2.11 bits per heavy atom. The van der Waals surface area contributed by atoms with Gasteiger partial charge in [-0.2, -0.15) is 5.26 Å². The maximum atomic E-state index is 9.14. The van der Waals surface area contributed by atoms with Crippen molar-refractivity contribution in [1.29, 1.82) is 5.26 Å². The van der Waals surface area contributed by atoms with Crippen LogP contribution in [0.25, 0.3) is 0 Å². The van der Waals surface area contributed by atoms with Gasteiger partial charge in [0.05, 0.1) is 23.5 Å². The minimum Gasteiger partial charge on any atom is -0.465 e. The average Bonchev–Trinajstić information content (AvgIpc) is 2.72. The molecule has 0 radical (unpaired) electrons. The SMILES string of the molecule is Cc1cc(NCc2ccc(C)o2)c(C#N)c(C)n1. The number of pyridine rings is 1. The second-order valence-electron chi connectivity index (χ2n) is 4.25. The zero-order valence-electron chi connectivity index (χ0n) is 10.7. The summed E-state index contributed by atoms with van der Waals surface area (Å²) in [5, 5.41) is 12.4. The van der Waals surface area contributed by atoms with Crippen molar-refractivity contribution in [2.24, 2.45) is 0 Å². The Hall–Kier alpha value is -2.28. The van der Waals surface area contributed by atoms with Gasteiger partial charge in [-0.05, 0) is 39.0 Å². The summed E-state index contributed by atoms with van der Waals surface area (Å²) in [5.74, 6) is 1.73. The van der Waals surface area contributed by atoms with Gasteiger partial charge in [0.25, 0.3) is 0 Å². The fourth-order valence-corrected chi connectivity index (χ4v) is 1.87. The number of nitriles is 1. The molecule has 0 saturated carbocycles. The van der Waals surface area contributed by atoms with E-state index in [-0.39, 0.29) is 0 Å². The lowest BCUT2D eigenvalue weighted by atomic mass is 10.1. The van der Waals surface area contributed by atoms with E-state index in [1.54, 1.807) is 0 Å². The maximum Gasteiger partial charge on any atom is 0.123 e. The van der Waals surface area contributed by atoms with Gasteiger partial charge in [0, 0.05) is 5.69 Å². The molecule has 1 N–H and O–H groups in total. The summed E-state index contributed by atoms with van der Waals surface area (Å²) in [7, 11) is 0. The molecule has 0 aromatic carbocycles. The van der Waals surface area contributed by atoms with Crippen molar-refractivity contribution in [2.45, 2.75) is 27.3 Å². The van der Waals surface area contributed by atoms with E-state index in [2.05, 4.69) is 16.4 Å². The van der Waals surface area contributed by atoms with Crippen LogP contribution in [0.3, 0.4) is 0 Å². The summed E-state index contributed by atoms with van der Waals surface area (Å²) in [4.78, 5) is 4.28. The monoisotopic (exact) mass is 241 g/mol. The quantitative estimate of drug-likeness (QED) is 0.897. The highest BCUT2D eigenvalue weighted by molar-refractivity contribution is 5.59. The highest BCUT2D eigenvalue weighted by Crippen LogP contribution is 2.19. The number of rotatable bonds is 3. The van der Waals surface area contributed by atoms with Crippen LogP contribution in [-0.2, 0) is 6.54 Å². The molecule has 0 amide bonds. The van der Waals surface area contributed by atoms with E-state index in [0.717, 1.165) is 28.6 Å². The predicted octanol–water partition coefficient (Wildman–Crippen LogP) is 3.08. The summed E-state index contributed by atoms with van der Waals surface area (Å²) in [6.45, 7) is 6.22. The van der Waals surface area contributed by atoms with E-state index in [9.17, 15) is 0 Å². The third-order valence-electron chi connectivity index (χ3n) is 2.69. The summed E-state index contributed by atoms with van der Waals surface area (Å²) < 4.78 is 5.48. The molecule has 4 heteroatoms. The molecule has 0 unspecified atom stereocenters. The van der Waals surface area contributed by atoms with E-state index in [1.807, 2.05) is 39.0 Å². The fourth-order valence-electron chi connectivity index (χ4n) is 1.87. The summed E-state index contributed by atoms with van der Waals surface area (Å²) >= 11 is 0. The number of furan rings is 1. The first kappa shape index (κ1) is 12.2. The van der Waals surface area contributed by atoms with Gasteiger partial charge >= 0.3 is 0 Å². The van der Waals surface area contributed by atoms with Gasteiger partial charge in [-0.15, -0.1) is 0 Å². The van der Waals surface area contributed by atoms with Crippen molar-refractivity contribution >= 4 is 5.69 Å². The molecule has 0 bridgehead atoms. The number of aromatic nitrogens is 1. The summed E-state index contributed by atoms with van der Waals surface area (Å²) in [6.07, 6.45) is 0. The first-order chi connectivity index (χ1) is 8.60. The van der Waals surface area contributed by atoms with Crippen molar-refractivity contribution in [3.05, 3.63) is 46.7 Å². The van der Waals surface area contributed by atoms with Gasteiger partial charge in [0.15, 0.2) is 0 Å². The Labute approximate surface area is 106 Å². The van der Waals surface area contributed by atoms with E-state index in [0.29, 0.717) is 12.1 Å². The molecule has 0 fully saturated rings. The predicted molar refractivity (Wildman–Crippen MR) is 69.2 cm³/mol. The molecule has 4 nitrogen and oxygen atoms in total. The smallest absolute Gasteiger partial charge is 0.123 e. The lowest BCUT2D eigenvalue weighted by Gasteiger charge is -2.09. The van der Waals surface area contributed by atoms with Crippen molar-refractivity contribution in [3.63, 3.8) is 0 Å². The van der Waals surface area contributed by atoms with Crippen LogP contribution in [-0.4, -0.2) is 4.98 Å². The molecule has 0 saturated heterocycles. The molecular formula is C14H15N3O. The second-order valence-corrected chi connectivity index (χ2v) is 4.25. The van der Waals surface area contributed by atoms with Crippen LogP contribution in [0.4, 0.5) is 5.69 Å². The molecule has 2 aromatic rings. The minimum absolute atomic E-state index is 0.561. The Kier molecular flexibility index (Phi) is 3.33. The van der Waals surface area contributed by atoms with E-state index < -0.39 is 0 Å². The number of nitrogens with one attached hydrogen (secondary N) is 1. The van der Waals surface area contributed by atoms with Gasteiger partial charge in [-0.25, -0.2) is 0 Å². The Bertz CT molecular complexity index is 608. The highest BCUT2D eigenvalue weighted by atomic mass is 16.3. The fraction of sp³-hybridized carbons (Fsp3) is 0.286. The van der Waals surface area contributed by atoms with Crippen molar-refractivity contribution in [3.8, 4) is 6.07 Å². The summed E-state index contributed by atoms with van der Waals surface area (Å²) in [6, 6.07) is 7.90. The minimum atomic E-state index is 0.561. The topological polar surface area (TPSA) is 61.9 Å². The molecule has 0 spiro atoms. The van der Waals surface area contributed by atoms with Crippen molar-refractivity contribution in [2.75, 3.05) is 5.32 Å². The van der Waals surface area contributed by atoms with Crippen LogP contribution in [0.5, 0.6) is 0 Å². The molecule has 2 rings (SSSR count). The summed E-state index contributed by atoms with van der Waals surface area (Å²) in [5.41, 5.74) is 3.03. The molecule has 92 valence electrons. The molecule has 2 aromatic heterocycles. The second kappa shape index (κ2) is 4.92. The number of aryl methyl sites for hydroxylation is 3. The number of hydrogen-bond acceptors (Lipinski definition) is 4. The van der Waals surface area contributed by atoms with Crippen molar-refractivity contribution < 1.29 is 4.42 Å². The molecule has 0 aliphatic heterocycles. The zero-order chi connectivity index (χ0) is 13.1. The van der Waals surface area contributed by atoms with E-state index in [1.165, 1.54) is 0 Å². The van der Waals surface area contributed by atoms with Crippen LogP contribution in [0.2, 0.25) is 0 Å². The Morgan fingerprint density at radius 1 is 1.33 bits per heavy atom. The molecule has 0 aliphatic carbocycles. The van der Waals surface area contributed by atoms with E-state index in [4.69, 9.17) is 9.68 Å². The third kappa shape index (κ3) is 2.51. The number of nitrogens with zero attached hydrogens (tertiary/aromatic N) is 2. The number of hydrogen-bond donors (Lipinski definition) is 1. The molecular weight excluding hydrogens is 226 g/mol. The van der Waals surface area contributed by atoms with Gasteiger partial charge in [0.1, 0.15) is 17.6 Å².